The van der Waals surface area contributed by atoms with Crippen LogP contribution < -0.4 is 5.73 Å². The molecule has 0 spiro atoms. The van der Waals surface area contributed by atoms with Crippen molar-refractivity contribution in [1.29, 1.82) is 0 Å². The van der Waals surface area contributed by atoms with E-state index >= 15 is 0 Å². The van der Waals surface area contributed by atoms with Crippen LogP contribution in [0, 0.1) is 11.3 Å². The van der Waals surface area contributed by atoms with Gasteiger partial charge in [0.05, 0.1) is 5.92 Å². The maximum absolute atomic E-state index is 12.4. The first-order valence-corrected chi connectivity index (χ1v) is 7.04. The molecule has 0 bridgehead atoms. The van der Waals surface area contributed by atoms with Crippen LogP contribution in [-0.4, -0.2) is 29.9 Å². The average Bonchev–Trinajstić information content (AvgIpc) is 2.29. The fraction of sp³-hybridized carbons (Fsp3) is 0.929. The Morgan fingerprint density at radius 3 is 2.35 bits per heavy atom. The number of hydrogen-bond acceptors (Lipinski definition) is 2. The van der Waals surface area contributed by atoms with E-state index in [0.29, 0.717) is 11.3 Å². The smallest absolute Gasteiger partial charge is 0.227 e. The van der Waals surface area contributed by atoms with Crippen molar-refractivity contribution in [2.24, 2.45) is 17.1 Å². The van der Waals surface area contributed by atoms with Crippen molar-refractivity contribution in [3.63, 3.8) is 0 Å². The number of likely N-dealkylation sites (tertiary alicyclic amines) is 1. The number of carbonyl (C=O) groups is 1. The van der Waals surface area contributed by atoms with Crippen LogP contribution in [0.1, 0.15) is 52.4 Å². The summed E-state index contributed by atoms with van der Waals surface area (Å²) in [6.45, 7) is 6.44. The summed E-state index contributed by atoms with van der Waals surface area (Å²) in [5, 5.41) is 0. The minimum atomic E-state index is 0.102. The predicted octanol–water partition coefficient (Wildman–Crippen LogP) is 2.15. The summed E-state index contributed by atoms with van der Waals surface area (Å²) in [5.74, 6) is 0.428. The third-order valence-electron chi connectivity index (χ3n) is 4.57. The van der Waals surface area contributed by atoms with Crippen molar-refractivity contribution < 1.29 is 4.79 Å². The molecular weight excluding hydrogens is 212 g/mol. The maximum atomic E-state index is 12.4. The number of piperidine rings is 1. The molecule has 2 N–H and O–H groups in total. The van der Waals surface area contributed by atoms with Gasteiger partial charge in [-0.3, -0.25) is 4.79 Å². The summed E-state index contributed by atoms with van der Waals surface area (Å²) in [4.78, 5) is 14.5. The Morgan fingerprint density at radius 2 is 1.76 bits per heavy atom. The van der Waals surface area contributed by atoms with Gasteiger partial charge in [0.2, 0.25) is 5.91 Å². The van der Waals surface area contributed by atoms with Gasteiger partial charge in [-0.1, -0.05) is 26.7 Å². The first kappa shape index (κ1) is 12.9. The lowest BCUT2D eigenvalue weighted by molar-refractivity contribution is -0.139. The van der Waals surface area contributed by atoms with E-state index in [9.17, 15) is 4.79 Å². The summed E-state index contributed by atoms with van der Waals surface area (Å²) in [6.07, 6.45) is 6.64. The van der Waals surface area contributed by atoms with E-state index in [0.717, 1.165) is 38.8 Å². The summed E-state index contributed by atoms with van der Waals surface area (Å²) in [5.41, 5.74) is 6.50. The summed E-state index contributed by atoms with van der Waals surface area (Å²) < 4.78 is 0. The monoisotopic (exact) mass is 238 g/mol. The van der Waals surface area contributed by atoms with Crippen LogP contribution in [0.4, 0.5) is 0 Å². The van der Waals surface area contributed by atoms with Gasteiger partial charge in [0.25, 0.3) is 0 Å². The van der Waals surface area contributed by atoms with Gasteiger partial charge in [-0.2, -0.15) is 0 Å². The highest BCUT2D eigenvalue weighted by molar-refractivity contribution is 5.79. The molecule has 17 heavy (non-hydrogen) atoms. The Hall–Kier alpha value is -0.570. The Kier molecular flexibility index (Phi) is 3.76. The maximum Gasteiger partial charge on any atom is 0.227 e. The van der Waals surface area contributed by atoms with Crippen LogP contribution in [0.15, 0.2) is 0 Å². The van der Waals surface area contributed by atoms with Gasteiger partial charge in [0.15, 0.2) is 0 Å². The molecule has 1 aliphatic heterocycles. The lowest BCUT2D eigenvalue weighted by Crippen LogP contribution is -2.49. The van der Waals surface area contributed by atoms with Gasteiger partial charge in [0.1, 0.15) is 0 Å². The van der Waals surface area contributed by atoms with Gasteiger partial charge >= 0.3 is 0 Å². The van der Waals surface area contributed by atoms with Gasteiger partial charge in [-0.25, -0.2) is 0 Å². The molecule has 1 amide bonds. The summed E-state index contributed by atoms with van der Waals surface area (Å²) in [7, 11) is 0. The minimum Gasteiger partial charge on any atom is -0.342 e. The first-order valence-electron chi connectivity index (χ1n) is 7.04. The fourth-order valence-corrected chi connectivity index (χ4v) is 3.03. The molecule has 0 unspecified atom stereocenters. The Balaban J connectivity index is 1.92. The fourth-order valence-electron chi connectivity index (χ4n) is 3.03. The zero-order chi connectivity index (χ0) is 12.5. The van der Waals surface area contributed by atoms with Crippen molar-refractivity contribution in [3.05, 3.63) is 0 Å². The molecule has 2 aliphatic rings. The molecule has 3 nitrogen and oxygen atoms in total. The molecule has 2 atom stereocenters. The van der Waals surface area contributed by atoms with Crippen LogP contribution in [0.2, 0.25) is 0 Å². The van der Waals surface area contributed by atoms with Crippen LogP contribution in [-0.2, 0) is 4.79 Å². The highest BCUT2D eigenvalue weighted by Gasteiger charge is 2.34. The van der Waals surface area contributed by atoms with Gasteiger partial charge in [-0.05, 0) is 31.1 Å². The lowest BCUT2D eigenvalue weighted by atomic mass is 9.80. The number of carbonyl (C=O) groups excluding carboxylic acids is 1. The van der Waals surface area contributed by atoms with Crippen molar-refractivity contribution in [2.45, 2.75) is 58.4 Å². The zero-order valence-electron chi connectivity index (χ0n) is 11.2. The third kappa shape index (κ3) is 3.01. The van der Waals surface area contributed by atoms with Crippen LogP contribution in [0.5, 0.6) is 0 Å². The SMILES string of the molecule is CC1(C)CCN(C(=O)[C@@H]2CCCC[C@@H]2N)CC1. The number of hydrogen-bond donors (Lipinski definition) is 1. The molecule has 2 fully saturated rings. The number of nitrogens with zero attached hydrogens (tertiary/aromatic N) is 1. The van der Waals surface area contributed by atoms with Crippen molar-refractivity contribution >= 4 is 5.91 Å². The molecular formula is C14H26N2O. The Bertz CT molecular complexity index is 278. The minimum absolute atomic E-state index is 0.102. The van der Waals surface area contributed by atoms with E-state index in [-0.39, 0.29) is 12.0 Å². The predicted molar refractivity (Wildman–Crippen MR) is 69.5 cm³/mol. The summed E-state index contributed by atoms with van der Waals surface area (Å²) in [6, 6.07) is 0.103. The quantitative estimate of drug-likeness (QED) is 0.761. The molecule has 2 rings (SSSR count). The molecule has 0 aromatic rings. The second-order valence-electron chi connectivity index (χ2n) is 6.54. The Morgan fingerprint density at radius 1 is 1.18 bits per heavy atom. The van der Waals surface area contributed by atoms with Crippen LogP contribution >= 0.6 is 0 Å². The van der Waals surface area contributed by atoms with E-state index in [4.69, 9.17) is 5.73 Å². The van der Waals surface area contributed by atoms with Gasteiger partial charge in [-0.15, -0.1) is 0 Å². The second kappa shape index (κ2) is 4.97. The standard InChI is InChI=1S/C14H26N2O/c1-14(2)7-9-16(10-8-14)13(17)11-5-3-4-6-12(11)15/h11-12H,3-10,15H2,1-2H3/t11-,12+/m1/s1. The van der Waals surface area contributed by atoms with Gasteiger partial charge < -0.3 is 10.6 Å². The number of amides is 1. The van der Waals surface area contributed by atoms with E-state index in [1.54, 1.807) is 0 Å². The molecule has 1 saturated carbocycles. The third-order valence-corrected chi connectivity index (χ3v) is 4.57. The summed E-state index contributed by atoms with van der Waals surface area (Å²) >= 11 is 0. The highest BCUT2D eigenvalue weighted by Crippen LogP contribution is 2.32. The molecule has 3 heteroatoms. The molecule has 1 saturated heterocycles. The van der Waals surface area contributed by atoms with E-state index in [2.05, 4.69) is 18.7 Å². The number of nitrogens with two attached hydrogens (primary N) is 1. The molecule has 0 aromatic heterocycles. The lowest BCUT2D eigenvalue weighted by Gasteiger charge is -2.40. The van der Waals surface area contributed by atoms with Gasteiger partial charge in [0, 0.05) is 19.1 Å². The molecule has 0 radical (unpaired) electrons. The van der Waals surface area contributed by atoms with E-state index in [1.165, 1.54) is 12.8 Å². The van der Waals surface area contributed by atoms with Crippen molar-refractivity contribution in [2.75, 3.05) is 13.1 Å². The average molecular weight is 238 g/mol. The van der Waals surface area contributed by atoms with Crippen LogP contribution in [0.25, 0.3) is 0 Å². The number of rotatable bonds is 1. The highest BCUT2D eigenvalue weighted by atomic mass is 16.2. The molecule has 98 valence electrons. The molecule has 1 heterocycles. The first-order chi connectivity index (χ1) is 7.99. The van der Waals surface area contributed by atoms with Crippen molar-refractivity contribution in [1.82, 2.24) is 4.90 Å². The van der Waals surface area contributed by atoms with Crippen LogP contribution in [0.3, 0.4) is 0 Å². The molecule has 1 aliphatic carbocycles. The normalized spacial score (nSPS) is 33.5. The van der Waals surface area contributed by atoms with E-state index in [1.807, 2.05) is 0 Å². The zero-order valence-corrected chi connectivity index (χ0v) is 11.2. The molecule has 0 aromatic carbocycles. The Labute approximate surface area is 105 Å². The second-order valence-corrected chi connectivity index (χ2v) is 6.54. The van der Waals surface area contributed by atoms with E-state index < -0.39 is 0 Å². The largest absolute Gasteiger partial charge is 0.342 e. The van der Waals surface area contributed by atoms with Crippen molar-refractivity contribution in [3.8, 4) is 0 Å². The topological polar surface area (TPSA) is 46.3 Å².